The highest BCUT2D eigenvalue weighted by Gasteiger charge is 2.16. The number of nitrogen functional groups attached to an aromatic ring is 1. The minimum atomic E-state index is -1.50. The highest BCUT2D eigenvalue weighted by Crippen LogP contribution is 2.27. The first-order valence-electron chi connectivity index (χ1n) is 5.85. The van der Waals surface area contributed by atoms with Crippen LogP contribution in [0, 0.1) is 23.4 Å². The summed E-state index contributed by atoms with van der Waals surface area (Å²) in [4.78, 5) is 4.03. The minimum absolute atomic E-state index is 0.122. The molecular formula is C13H14F3N3. The highest BCUT2D eigenvalue weighted by atomic mass is 19.2. The van der Waals surface area contributed by atoms with Gasteiger partial charge in [-0.1, -0.05) is 13.8 Å². The Hall–Kier alpha value is -1.98. The zero-order valence-electron chi connectivity index (χ0n) is 10.6. The molecule has 0 saturated carbocycles. The van der Waals surface area contributed by atoms with Crippen LogP contribution in [-0.2, 0) is 6.54 Å². The minimum Gasteiger partial charge on any atom is -0.383 e. The first-order valence-corrected chi connectivity index (χ1v) is 5.85. The zero-order chi connectivity index (χ0) is 14.2. The molecule has 1 heterocycles. The molecule has 0 atom stereocenters. The second-order valence-electron chi connectivity index (χ2n) is 4.78. The maximum atomic E-state index is 13.2. The quantitative estimate of drug-likeness (QED) is 0.869. The highest BCUT2D eigenvalue weighted by molar-refractivity contribution is 5.70. The molecule has 3 nitrogen and oxygen atoms in total. The van der Waals surface area contributed by atoms with Gasteiger partial charge in [0.2, 0.25) is 0 Å². The second kappa shape index (κ2) is 4.95. The lowest BCUT2D eigenvalue weighted by atomic mass is 10.1. The topological polar surface area (TPSA) is 43.8 Å². The van der Waals surface area contributed by atoms with Crippen LogP contribution < -0.4 is 5.73 Å². The number of hydrogen-bond acceptors (Lipinski definition) is 2. The van der Waals surface area contributed by atoms with Crippen molar-refractivity contribution in [2.24, 2.45) is 5.92 Å². The molecule has 2 aromatic rings. The van der Waals surface area contributed by atoms with Gasteiger partial charge in [0.1, 0.15) is 11.5 Å². The number of aromatic nitrogens is 2. The van der Waals surface area contributed by atoms with E-state index in [1.807, 2.05) is 13.8 Å². The molecule has 102 valence electrons. The standard InChI is InChI=1S/C13H14F3N3/c1-7(2)5-19-6-18-12(13(19)17)8-3-9(14)11(16)10(15)4-8/h3-4,6-7H,5,17H2,1-2H3. The van der Waals surface area contributed by atoms with Crippen molar-refractivity contribution in [2.45, 2.75) is 20.4 Å². The van der Waals surface area contributed by atoms with Gasteiger partial charge in [-0.3, -0.25) is 0 Å². The van der Waals surface area contributed by atoms with Gasteiger partial charge in [-0.05, 0) is 18.1 Å². The largest absolute Gasteiger partial charge is 0.383 e. The fraction of sp³-hybridized carbons (Fsp3) is 0.308. The third-order valence-corrected chi connectivity index (χ3v) is 2.70. The van der Waals surface area contributed by atoms with Crippen LogP contribution in [0.1, 0.15) is 13.8 Å². The van der Waals surface area contributed by atoms with Crippen molar-refractivity contribution in [1.29, 1.82) is 0 Å². The lowest BCUT2D eigenvalue weighted by molar-refractivity contribution is 0.447. The lowest BCUT2D eigenvalue weighted by Gasteiger charge is -2.08. The molecule has 1 aromatic heterocycles. The molecule has 0 aliphatic carbocycles. The molecule has 2 rings (SSSR count). The third kappa shape index (κ3) is 2.57. The van der Waals surface area contributed by atoms with E-state index in [2.05, 4.69) is 4.98 Å². The normalized spacial score (nSPS) is 11.3. The zero-order valence-corrected chi connectivity index (χ0v) is 10.6. The predicted octanol–water partition coefficient (Wildman–Crippen LogP) is 3.21. The molecule has 0 spiro atoms. The fourth-order valence-electron chi connectivity index (χ4n) is 1.85. The van der Waals surface area contributed by atoms with Crippen LogP contribution in [0.2, 0.25) is 0 Å². The van der Waals surface area contributed by atoms with Gasteiger partial charge in [0.25, 0.3) is 0 Å². The molecule has 0 fully saturated rings. The number of imidazole rings is 1. The summed E-state index contributed by atoms with van der Waals surface area (Å²) in [5, 5.41) is 0. The van der Waals surface area contributed by atoms with Gasteiger partial charge in [-0.15, -0.1) is 0 Å². The molecule has 0 unspecified atom stereocenters. The van der Waals surface area contributed by atoms with E-state index in [1.54, 1.807) is 4.57 Å². The van der Waals surface area contributed by atoms with E-state index >= 15 is 0 Å². The first kappa shape index (κ1) is 13.5. The number of anilines is 1. The van der Waals surface area contributed by atoms with Crippen LogP contribution in [0.15, 0.2) is 18.5 Å². The third-order valence-electron chi connectivity index (χ3n) is 2.70. The van der Waals surface area contributed by atoms with E-state index in [4.69, 9.17) is 5.73 Å². The van der Waals surface area contributed by atoms with Crippen LogP contribution >= 0.6 is 0 Å². The van der Waals surface area contributed by atoms with Gasteiger partial charge in [0.05, 0.1) is 6.33 Å². The van der Waals surface area contributed by atoms with Crippen molar-refractivity contribution in [3.8, 4) is 11.3 Å². The van der Waals surface area contributed by atoms with Crippen LogP contribution in [-0.4, -0.2) is 9.55 Å². The van der Waals surface area contributed by atoms with Gasteiger partial charge in [0, 0.05) is 12.1 Å². The summed E-state index contributed by atoms with van der Waals surface area (Å²) in [6.07, 6.45) is 1.50. The van der Waals surface area contributed by atoms with E-state index in [1.165, 1.54) is 6.33 Å². The number of rotatable bonds is 3. The number of halogens is 3. The maximum Gasteiger partial charge on any atom is 0.194 e. The molecule has 0 saturated heterocycles. The lowest BCUT2D eigenvalue weighted by Crippen LogP contribution is -2.07. The van der Waals surface area contributed by atoms with Gasteiger partial charge < -0.3 is 10.3 Å². The molecule has 6 heteroatoms. The summed E-state index contributed by atoms with van der Waals surface area (Å²) in [5.74, 6) is -3.35. The number of nitrogens with two attached hydrogens (primary N) is 1. The van der Waals surface area contributed by atoms with E-state index in [9.17, 15) is 13.2 Å². The molecule has 0 radical (unpaired) electrons. The van der Waals surface area contributed by atoms with Gasteiger partial charge in [0.15, 0.2) is 17.5 Å². The Labute approximate surface area is 108 Å². The molecule has 0 aliphatic heterocycles. The van der Waals surface area contributed by atoms with Crippen LogP contribution in [0.3, 0.4) is 0 Å². The predicted molar refractivity (Wildman–Crippen MR) is 66.8 cm³/mol. The van der Waals surface area contributed by atoms with Crippen molar-refractivity contribution in [1.82, 2.24) is 9.55 Å². The summed E-state index contributed by atoms with van der Waals surface area (Å²) in [5.41, 5.74) is 6.25. The Morgan fingerprint density at radius 3 is 2.32 bits per heavy atom. The number of nitrogens with zero attached hydrogens (tertiary/aromatic N) is 2. The average molecular weight is 269 g/mol. The Balaban J connectivity index is 2.45. The smallest absolute Gasteiger partial charge is 0.194 e. The maximum absolute atomic E-state index is 13.2. The van der Waals surface area contributed by atoms with Crippen LogP contribution in [0.25, 0.3) is 11.3 Å². The Bertz CT molecular complexity index is 582. The average Bonchev–Trinajstić information content (AvgIpc) is 2.67. The SMILES string of the molecule is CC(C)Cn1cnc(-c2cc(F)c(F)c(F)c2)c1N. The van der Waals surface area contributed by atoms with Crippen LogP contribution in [0.4, 0.5) is 19.0 Å². The van der Waals surface area contributed by atoms with Gasteiger partial charge in [-0.2, -0.15) is 0 Å². The van der Waals surface area contributed by atoms with Crippen LogP contribution in [0.5, 0.6) is 0 Å². The molecular weight excluding hydrogens is 255 g/mol. The Morgan fingerprint density at radius 2 is 1.79 bits per heavy atom. The van der Waals surface area contributed by atoms with E-state index in [0.29, 0.717) is 18.3 Å². The molecule has 0 aliphatic rings. The summed E-state index contributed by atoms with van der Waals surface area (Å²) in [6.45, 7) is 4.66. The molecule has 0 bridgehead atoms. The van der Waals surface area contributed by atoms with Crippen molar-refractivity contribution in [3.63, 3.8) is 0 Å². The van der Waals surface area contributed by atoms with Crippen molar-refractivity contribution >= 4 is 5.82 Å². The van der Waals surface area contributed by atoms with E-state index < -0.39 is 17.5 Å². The van der Waals surface area contributed by atoms with Gasteiger partial charge in [-0.25, -0.2) is 18.2 Å². The van der Waals surface area contributed by atoms with E-state index in [0.717, 1.165) is 12.1 Å². The van der Waals surface area contributed by atoms with Gasteiger partial charge >= 0.3 is 0 Å². The molecule has 19 heavy (non-hydrogen) atoms. The second-order valence-corrected chi connectivity index (χ2v) is 4.78. The van der Waals surface area contributed by atoms with Crippen molar-refractivity contribution in [2.75, 3.05) is 5.73 Å². The number of hydrogen-bond donors (Lipinski definition) is 1. The monoisotopic (exact) mass is 269 g/mol. The molecule has 0 amide bonds. The molecule has 2 N–H and O–H groups in total. The summed E-state index contributed by atoms with van der Waals surface area (Å²) in [6, 6.07) is 1.77. The summed E-state index contributed by atoms with van der Waals surface area (Å²) in [7, 11) is 0. The number of benzene rings is 1. The summed E-state index contributed by atoms with van der Waals surface area (Å²) < 4.78 is 41.0. The van der Waals surface area contributed by atoms with Crippen molar-refractivity contribution < 1.29 is 13.2 Å². The molecule has 1 aromatic carbocycles. The van der Waals surface area contributed by atoms with E-state index in [-0.39, 0.29) is 11.3 Å². The van der Waals surface area contributed by atoms with Crippen molar-refractivity contribution in [3.05, 3.63) is 35.9 Å². The first-order chi connectivity index (χ1) is 8.90. The Morgan fingerprint density at radius 1 is 1.21 bits per heavy atom. The fourth-order valence-corrected chi connectivity index (χ4v) is 1.85. The summed E-state index contributed by atoms with van der Waals surface area (Å²) >= 11 is 0. The Kier molecular flexibility index (Phi) is 3.50.